The first kappa shape index (κ1) is 10.7. The summed E-state index contributed by atoms with van der Waals surface area (Å²) < 4.78 is 0. The van der Waals surface area contributed by atoms with E-state index in [-0.39, 0.29) is 0 Å². The summed E-state index contributed by atoms with van der Waals surface area (Å²) in [6.45, 7) is 13.0. The van der Waals surface area contributed by atoms with Crippen LogP contribution in [0.3, 0.4) is 0 Å². The van der Waals surface area contributed by atoms with Crippen LogP contribution in [0.25, 0.3) is 0 Å². The fourth-order valence-electron chi connectivity index (χ4n) is 1.49. The van der Waals surface area contributed by atoms with Gasteiger partial charge in [-0.2, -0.15) is 0 Å². The largest absolute Gasteiger partial charge is 0.100 e. The zero-order valence-electron chi connectivity index (χ0n) is 8.48. The summed E-state index contributed by atoms with van der Waals surface area (Å²) in [7, 11) is 0. The molecule has 0 bridgehead atoms. The van der Waals surface area contributed by atoms with E-state index in [1.165, 1.54) is 24.8 Å². The molecular weight excluding hydrogens is 132 g/mol. The van der Waals surface area contributed by atoms with Gasteiger partial charge in [0, 0.05) is 0 Å². The van der Waals surface area contributed by atoms with E-state index in [1.54, 1.807) is 0 Å². The predicted octanol–water partition coefficient (Wildman–Crippen LogP) is 4.02. The zero-order valence-corrected chi connectivity index (χ0v) is 8.48. The van der Waals surface area contributed by atoms with Crippen molar-refractivity contribution in [3.63, 3.8) is 0 Å². The molecule has 0 rings (SSSR count). The quantitative estimate of drug-likeness (QED) is 0.524. The molecule has 0 amide bonds. The molecule has 2 atom stereocenters. The second-order valence-electron chi connectivity index (χ2n) is 3.90. The molecule has 0 aliphatic carbocycles. The van der Waals surface area contributed by atoms with Crippen LogP contribution in [0.1, 0.15) is 47.0 Å². The smallest absolute Gasteiger partial charge is 0.0297 e. The van der Waals surface area contributed by atoms with Gasteiger partial charge >= 0.3 is 0 Å². The fourth-order valence-corrected chi connectivity index (χ4v) is 1.49. The molecule has 0 saturated carbocycles. The Labute approximate surface area is 71.7 Å². The third-order valence-electron chi connectivity index (χ3n) is 2.39. The Morgan fingerprint density at radius 1 is 1.27 bits per heavy atom. The molecule has 0 aromatic rings. The SMILES string of the molecule is C=C(C)CC(C)C(C)CCC. The molecule has 0 aromatic carbocycles. The van der Waals surface area contributed by atoms with Gasteiger partial charge in [0.15, 0.2) is 0 Å². The first-order valence-electron chi connectivity index (χ1n) is 4.72. The van der Waals surface area contributed by atoms with Gasteiger partial charge in [-0.05, 0) is 25.2 Å². The third kappa shape index (κ3) is 5.06. The molecule has 0 aliphatic heterocycles. The molecule has 0 heterocycles. The van der Waals surface area contributed by atoms with Crippen LogP contribution in [0, 0.1) is 11.8 Å². The first-order valence-corrected chi connectivity index (χ1v) is 4.72. The standard InChI is InChI=1S/C11H22/c1-6-7-10(4)11(5)8-9(2)3/h10-11H,2,6-8H2,1,3-5H3. The van der Waals surface area contributed by atoms with Gasteiger partial charge in [-0.3, -0.25) is 0 Å². The van der Waals surface area contributed by atoms with Crippen molar-refractivity contribution in [2.45, 2.75) is 47.0 Å². The van der Waals surface area contributed by atoms with Crippen molar-refractivity contribution in [1.29, 1.82) is 0 Å². The zero-order chi connectivity index (χ0) is 8.85. The minimum absolute atomic E-state index is 0.812. The summed E-state index contributed by atoms with van der Waals surface area (Å²) in [6, 6.07) is 0. The fraction of sp³-hybridized carbons (Fsp3) is 0.818. The van der Waals surface area contributed by atoms with Gasteiger partial charge in [-0.1, -0.05) is 39.2 Å². The second kappa shape index (κ2) is 5.40. The average Bonchev–Trinajstić information content (AvgIpc) is 1.86. The summed E-state index contributed by atoms with van der Waals surface area (Å²) in [5.74, 6) is 1.67. The van der Waals surface area contributed by atoms with Crippen molar-refractivity contribution >= 4 is 0 Å². The second-order valence-corrected chi connectivity index (χ2v) is 3.90. The molecule has 0 heteroatoms. The maximum Gasteiger partial charge on any atom is -0.0297 e. The first-order chi connectivity index (χ1) is 5.07. The van der Waals surface area contributed by atoms with E-state index in [2.05, 4.69) is 34.3 Å². The lowest BCUT2D eigenvalue weighted by Crippen LogP contribution is -2.07. The molecule has 2 unspecified atom stereocenters. The van der Waals surface area contributed by atoms with Gasteiger partial charge in [-0.25, -0.2) is 0 Å². The van der Waals surface area contributed by atoms with Crippen LogP contribution in [-0.4, -0.2) is 0 Å². The van der Waals surface area contributed by atoms with Gasteiger partial charge in [-0.15, -0.1) is 6.58 Å². The molecule has 0 radical (unpaired) electrons. The molecule has 11 heavy (non-hydrogen) atoms. The van der Waals surface area contributed by atoms with Crippen LogP contribution in [0.15, 0.2) is 12.2 Å². The number of hydrogen-bond donors (Lipinski definition) is 0. The molecule has 66 valence electrons. The van der Waals surface area contributed by atoms with E-state index in [1.807, 2.05) is 0 Å². The van der Waals surface area contributed by atoms with E-state index < -0.39 is 0 Å². The lowest BCUT2D eigenvalue weighted by molar-refractivity contribution is 0.359. The Balaban J connectivity index is 3.63. The van der Waals surface area contributed by atoms with Crippen LogP contribution in [-0.2, 0) is 0 Å². The highest BCUT2D eigenvalue weighted by molar-refractivity contribution is 4.90. The van der Waals surface area contributed by atoms with Crippen molar-refractivity contribution in [3.05, 3.63) is 12.2 Å². The lowest BCUT2D eigenvalue weighted by atomic mass is 9.87. The van der Waals surface area contributed by atoms with Crippen LogP contribution >= 0.6 is 0 Å². The van der Waals surface area contributed by atoms with Crippen molar-refractivity contribution in [3.8, 4) is 0 Å². The van der Waals surface area contributed by atoms with Crippen molar-refractivity contribution in [1.82, 2.24) is 0 Å². The van der Waals surface area contributed by atoms with Gasteiger partial charge in [0.25, 0.3) is 0 Å². The Kier molecular flexibility index (Phi) is 5.27. The molecule has 0 fully saturated rings. The van der Waals surface area contributed by atoms with E-state index in [0.29, 0.717) is 0 Å². The maximum atomic E-state index is 3.94. The molecule has 0 aromatic heterocycles. The molecule has 0 N–H and O–H groups in total. The Bertz CT molecular complexity index is 113. The minimum atomic E-state index is 0.812. The maximum absolute atomic E-state index is 3.94. The highest BCUT2D eigenvalue weighted by Crippen LogP contribution is 2.22. The number of allylic oxidation sites excluding steroid dienone is 1. The molecule has 0 spiro atoms. The molecule has 0 aliphatic rings. The number of hydrogen-bond acceptors (Lipinski definition) is 0. The third-order valence-corrected chi connectivity index (χ3v) is 2.39. The van der Waals surface area contributed by atoms with E-state index in [4.69, 9.17) is 0 Å². The van der Waals surface area contributed by atoms with Gasteiger partial charge in [0.2, 0.25) is 0 Å². The van der Waals surface area contributed by atoms with Gasteiger partial charge in [0.05, 0.1) is 0 Å². The summed E-state index contributed by atoms with van der Waals surface area (Å²) in [6.07, 6.45) is 3.86. The van der Waals surface area contributed by atoms with Crippen molar-refractivity contribution in [2.75, 3.05) is 0 Å². The highest BCUT2D eigenvalue weighted by Gasteiger charge is 2.10. The number of rotatable bonds is 5. The van der Waals surface area contributed by atoms with Gasteiger partial charge < -0.3 is 0 Å². The topological polar surface area (TPSA) is 0 Å². The Morgan fingerprint density at radius 2 is 1.82 bits per heavy atom. The monoisotopic (exact) mass is 154 g/mol. The molecule has 0 nitrogen and oxygen atoms in total. The predicted molar refractivity (Wildman–Crippen MR) is 52.7 cm³/mol. The molecular formula is C11H22. The van der Waals surface area contributed by atoms with Gasteiger partial charge in [0.1, 0.15) is 0 Å². The summed E-state index contributed by atoms with van der Waals surface area (Å²) in [5, 5.41) is 0. The van der Waals surface area contributed by atoms with E-state index in [9.17, 15) is 0 Å². The van der Waals surface area contributed by atoms with Crippen molar-refractivity contribution in [2.24, 2.45) is 11.8 Å². The summed E-state index contributed by atoms with van der Waals surface area (Å²) in [4.78, 5) is 0. The normalized spacial score (nSPS) is 16.0. The van der Waals surface area contributed by atoms with Crippen LogP contribution in [0.4, 0.5) is 0 Å². The summed E-state index contributed by atoms with van der Waals surface area (Å²) in [5.41, 5.74) is 1.32. The average molecular weight is 154 g/mol. The Hall–Kier alpha value is -0.260. The minimum Gasteiger partial charge on any atom is -0.100 e. The lowest BCUT2D eigenvalue weighted by Gasteiger charge is -2.18. The van der Waals surface area contributed by atoms with Crippen LogP contribution in [0.2, 0.25) is 0 Å². The van der Waals surface area contributed by atoms with E-state index in [0.717, 1.165) is 11.8 Å². The highest BCUT2D eigenvalue weighted by atomic mass is 14.2. The Morgan fingerprint density at radius 3 is 2.18 bits per heavy atom. The van der Waals surface area contributed by atoms with E-state index >= 15 is 0 Å². The molecule has 0 saturated heterocycles. The summed E-state index contributed by atoms with van der Waals surface area (Å²) >= 11 is 0. The van der Waals surface area contributed by atoms with Crippen LogP contribution in [0.5, 0.6) is 0 Å². The van der Waals surface area contributed by atoms with Crippen molar-refractivity contribution < 1.29 is 0 Å². The van der Waals surface area contributed by atoms with Crippen LogP contribution < -0.4 is 0 Å².